The number of benzene rings is 2. The maximum Gasteiger partial charge on any atom is 0.267 e. The van der Waals surface area contributed by atoms with E-state index in [9.17, 15) is 9.59 Å². The molecular weight excluding hydrogens is 390 g/mol. The molecule has 154 valence electrons. The van der Waals surface area contributed by atoms with Crippen LogP contribution in [0.5, 0.6) is 23.0 Å². The van der Waals surface area contributed by atoms with Crippen molar-refractivity contribution < 1.29 is 23.7 Å². The van der Waals surface area contributed by atoms with Crippen LogP contribution in [0.3, 0.4) is 0 Å². The zero-order valence-electron chi connectivity index (χ0n) is 16.4. The number of aromatic nitrogens is 2. The van der Waals surface area contributed by atoms with Crippen molar-refractivity contribution in [3.8, 4) is 34.3 Å². The Morgan fingerprint density at radius 1 is 1.07 bits per heavy atom. The standard InChI is InChI=1S/C21H19N3O6/c1-27-14-4-5-15(18(10-14)28-2)16-6-8-21(26)24(23-16)11-20(25)22-13-3-7-17-19(9-13)30-12-29-17/h3-10H,11-12H2,1-2H3,(H,22,25). The lowest BCUT2D eigenvalue weighted by Gasteiger charge is -2.12. The first-order valence-corrected chi connectivity index (χ1v) is 9.07. The molecule has 4 rings (SSSR count). The van der Waals surface area contributed by atoms with Gasteiger partial charge in [-0.05, 0) is 30.3 Å². The van der Waals surface area contributed by atoms with E-state index in [0.29, 0.717) is 39.9 Å². The summed E-state index contributed by atoms with van der Waals surface area (Å²) in [5.74, 6) is 1.94. The summed E-state index contributed by atoms with van der Waals surface area (Å²) in [4.78, 5) is 24.7. The van der Waals surface area contributed by atoms with Crippen LogP contribution < -0.4 is 29.8 Å². The maximum absolute atomic E-state index is 12.5. The first-order chi connectivity index (χ1) is 14.6. The van der Waals surface area contributed by atoms with Gasteiger partial charge in [0, 0.05) is 29.4 Å². The van der Waals surface area contributed by atoms with Gasteiger partial charge in [0.05, 0.1) is 19.9 Å². The van der Waals surface area contributed by atoms with E-state index in [1.165, 1.54) is 13.2 Å². The third-order valence-corrected chi connectivity index (χ3v) is 4.50. The van der Waals surface area contributed by atoms with E-state index >= 15 is 0 Å². The van der Waals surface area contributed by atoms with Crippen LogP contribution in [0.15, 0.2) is 53.3 Å². The van der Waals surface area contributed by atoms with Crippen LogP contribution in [0.4, 0.5) is 5.69 Å². The first kappa shape index (κ1) is 19.3. The number of methoxy groups -OCH3 is 2. The molecule has 1 amide bonds. The molecule has 0 aliphatic carbocycles. The van der Waals surface area contributed by atoms with Crippen molar-refractivity contribution in [3.05, 3.63) is 58.9 Å². The fourth-order valence-corrected chi connectivity index (χ4v) is 3.03. The van der Waals surface area contributed by atoms with Gasteiger partial charge in [0.15, 0.2) is 11.5 Å². The van der Waals surface area contributed by atoms with E-state index in [4.69, 9.17) is 18.9 Å². The highest BCUT2D eigenvalue weighted by atomic mass is 16.7. The molecule has 0 saturated carbocycles. The third-order valence-electron chi connectivity index (χ3n) is 4.50. The van der Waals surface area contributed by atoms with Gasteiger partial charge in [0.2, 0.25) is 12.7 Å². The second-order valence-electron chi connectivity index (χ2n) is 6.40. The van der Waals surface area contributed by atoms with Crippen LogP contribution in [0, 0.1) is 0 Å². The van der Waals surface area contributed by atoms with E-state index in [0.717, 1.165) is 4.68 Å². The monoisotopic (exact) mass is 409 g/mol. The molecule has 0 bridgehead atoms. The van der Waals surface area contributed by atoms with Gasteiger partial charge in [0.1, 0.15) is 18.0 Å². The first-order valence-electron chi connectivity index (χ1n) is 9.07. The number of hydrogen-bond acceptors (Lipinski definition) is 7. The number of nitrogens with zero attached hydrogens (tertiary/aromatic N) is 2. The van der Waals surface area contributed by atoms with Gasteiger partial charge in [-0.3, -0.25) is 9.59 Å². The lowest BCUT2D eigenvalue weighted by molar-refractivity contribution is -0.117. The highest BCUT2D eigenvalue weighted by Gasteiger charge is 2.15. The fraction of sp³-hybridized carbons (Fsp3) is 0.190. The number of nitrogens with one attached hydrogen (secondary N) is 1. The smallest absolute Gasteiger partial charge is 0.267 e. The lowest BCUT2D eigenvalue weighted by atomic mass is 10.1. The number of carbonyl (C=O) groups excluding carboxylic acids is 1. The molecule has 0 atom stereocenters. The van der Waals surface area contributed by atoms with Gasteiger partial charge in [-0.25, -0.2) is 4.68 Å². The Bertz CT molecular complexity index is 1160. The predicted molar refractivity (Wildman–Crippen MR) is 108 cm³/mol. The summed E-state index contributed by atoms with van der Waals surface area (Å²) in [5, 5.41) is 7.05. The summed E-state index contributed by atoms with van der Waals surface area (Å²) in [6.07, 6.45) is 0. The van der Waals surface area contributed by atoms with Gasteiger partial charge in [0.25, 0.3) is 5.56 Å². The molecule has 1 aliphatic rings. The topological polar surface area (TPSA) is 101 Å². The Labute approximate surface area is 171 Å². The van der Waals surface area contributed by atoms with Crippen molar-refractivity contribution in [2.75, 3.05) is 26.3 Å². The Hall–Kier alpha value is -4.01. The van der Waals surface area contributed by atoms with Crippen molar-refractivity contribution in [1.82, 2.24) is 9.78 Å². The third kappa shape index (κ3) is 3.90. The summed E-state index contributed by atoms with van der Waals surface area (Å²) < 4.78 is 22.3. The molecule has 0 fully saturated rings. The Kier molecular flexibility index (Phi) is 5.25. The molecule has 2 aromatic carbocycles. The summed E-state index contributed by atoms with van der Waals surface area (Å²) in [6.45, 7) is -0.104. The van der Waals surface area contributed by atoms with Crippen LogP contribution in [-0.4, -0.2) is 36.7 Å². The second-order valence-corrected chi connectivity index (χ2v) is 6.40. The number of amides is 1. The minimum Gasteiger partial charge on any atom is -0.497 e. The molecule has 0 unspecified atom stereocenters. The Morgan fingerprint density at radius 2 is 1.90 bits per heavy atom. The summed E-state index contributed by atoms with van der Waals surface area (Å²) in [6, 6.07) is 13.3. The van der Waals surface area contributed by atoms with Gasteiger partial charge in [-0.1, -0.05) is 0 Å². The fourth-order valence-electron chi connectivity index (χ4n) is 3.03. The minimum atomic E-state index is -0.401. The van der Waals surface area contributed by atoms with Gasteiger partial charge in [-0.15, -0.1) is 0 Å². The summed E-state index contributed by atoms with van der Waals surface area (Å²) >= 11 is 0. The Balaban J connectivity index is 1.55. The van der Waals surface area contributed by atoms with Crippen LogP contribution in [0.2, 0.25) is 0 Å². The SMILES string of the molecule is COc1ccc(-c2ccc(=O)n(CC(=O)Nc3ccc4c(c3)OCO4)n2)c(OC)c1. The predicted octanol–water partition coefficient (Wildman–Crippen LogP) is 2.29. The molecule has 30 heavy (non-hydrogen) atoms. The molecule has 1 aromatic heterocycles. The number of anilines is 1. The number of hydrogen-bond donors (Lipinski definition) is 1. The molecule has 1 N–H and O–H groups in total. The highest BCUT2D eigenvalue weighted by molar-refractivity contribution is 5.91. The normalized spacial score (nSPS) is 11.8. The molecule has 0 saturated heterocycles. The molecule has 3 aromatic rings. The zero-order chi connectivity index (χ0) is 21.1. The van der Waals surface area contributed by atoms with Crippen LogP contribution in [0.1, 0.15) is 0 Å². The summed E-state index contributed by atoms with van der Waals surface area (Å²) in [5.41, 5.74) is 1.30. The van der Waals surface area contributed by atoms with E-state index in [1.54, 1.807) is 49.6 Å². The molecule has 2 heterocycles. The second kappa shape index (κ2) is 8.16. The zero-order valence-corrected chi connectivity index (χ0v) is 16.4. The maximum atomic E-state index is 12.5. The molecule has 1 aliphatic heterocycles. The average Bonchev–Trinajstić information content (AvgIpc) is 3.22. The average molecular weight is 409 g/mol. The van der Waals surface area contributed by atoms with Crippen molar-refractivity contribution in [2.45, 2.75) is 6.54 Å². The van der Waals surface area contributed by atoms with Crippen LogP contribution in [0.25, 0.3) is 11.3 Å². The molecule has 9 nitrogen and oxygen atoms in total. The van der Waals surface area contributed by atoms with E-state index in [2.05, 4.69) is 10.4 Å². The van der Waals surface area contributed by atoms with Gasteiger partial charge in [-0.2, -0.15) is 5.10 Å². The number of fused-ring (bicyclic) bond motifs is 1. The molecule has 9 heteroatoms. The van der Waals surface area contributed by atoms with Crippen LogP contribution in [-0.2, 0) is 11.3 Å². The molecule has 0 spiro atoms. The quantitative estimate of drug-likeness (QED) is 0.667. The van der Waals surface area contributed by atoms with Crippen molar-refractivity contribution in [1.29, 1.82) is 0 Å². The van der Waals surface area contributed by atoms with E-state index in [-0.39, 0.29) is 13.3 Å². The van der Waals surface area contributed by atoms with Crippen molar-refractivity contribution in [3.63, 3.8) is 0 Å². The molecule has 0 radical (unpaired) electrons. The minimum absolute atomic E-state index is 0.146. The molecular formula is C21H19N3O6. The van der Waals surface area contributed by atoms with Gasteiger partial charge >= 0.3 is 0 Å². The highest BCUT2D eigenvalue weighted by Crippen LogP contribution is 2.34. The van der Waals surface area contributed by atoms with Crippen molar-refractivity contribution >= 4 is 11.6 Å². The number of ether oxygens (including phenoxy) is 4. The van der Waals surface area contributed by atoms with Crippen LogP contribution >= 0.6 is 0 Å². The van der Waals surface area contributed by atoms with Gasteiger partial charge < -0.3 is 24.3 Å². The van der Waals surface area contributed by atoms with E-state index < -0.39 is 11.5 Å². The largest absolute Gasteiger partial charge is 0.497 e. The Morgan fingerprint density at radius 3 is 2.70 bits per heavy atom. The number of rotatable bonds is 6. The van der Waals surface area contributed by atoms with E-state index in [1.807, 2.05) is 0 Å². The van der Waals surface area contributed by atoms with Crippen molar-refractivity contribution in [2.24, 2.45) is 0 Å². The lowest BCUT2D eigenvalue weighted by Crippen LogP contribution is -2.29. The number of carbonyl (C=O) groups is 1. The summed E-state index contributed by atoms with van der Waals surface area (Å²) in [7, 11) is 3.10.